The Hall–Kier alpha value is -1.61. The summed E-state index contributed by atoms with van der Waals surface area (Å²) in [6.07, 6.45) is 9.41. The number of carbonyl (C=O) groups is 1. The number of aromatic nitrogens is 3. The number of amides is 1. The van der Waals surface area contributed by atoms with Gasteiger partial charge in [0.2, 0.25) is 5.91 Å². The number of thioether (sulfide) groups is 1. The van der Waals surface area contributed by atoms with Crippen molar-refractivity contribution in [2.24, 2.45) is 0 Å². The Labute approximate surface area is 186 Å². The maximum atomic E-state index is 12.6. The highest BCUT2D eigenvalue weighted by Gasteiger charge is 2.30. The van der Waals surface area contributed by atoms with Crippen LogP contribution >= 0.6 is 23.4 Å². The average molecular weight is 449 g/mol. The maximum absolute atomic E-state index is 12.6. The molecule has 1 saturated carbocycles. The Bertz CT molecular complexity index is 869. The van der Waals surface area contributed by atoms with Crippen molar-refractivity contribution in [2.75, 3.05) is 12.8 Å². The molecule has 2 unspecified atom stereocenters. The molecule has 1 amide bonds. The summed E-state index contributed by atoms with van der Waals surface area (Å²) in [4.78, 5) is 12.6. The molecule has 2 fully saturated rings. The molecule has 1 aliphatic carbocycles. The van der Waals surface area contributed by atoms with Gasteiger partial charge in [0.1, 0.15) is 11.9 Å². The van der Waals surface area contributed by atoms with Gasteiger partial charge in [0, 0.05) is 30.1 Å². The van der Waals surface area contributed by atoms with Gasteiger partial charge in [-0.05, 0) is 49.6 Å². The van der Waals surface area contributed by atoms with E-state index in [1.165, 1.54) is 25.7 Å². The standard InChI is InChI=1S/C21H29ClN6OS/c1-30-21-27-26-19(28(21)16-8-2-3-9-16)10-5-11-23-20(29)18-13-17(24-25-18)14-6-4-7-15(22)12-14/h4,6-7,12,16-18,24-25H,2-3,5,8-11,13H2,1H3,(H,23,29). The zero-order valence-corrected chi connectivity index (χ0v) is 18.8. The highest BCUT2D eigenvalue weighted by atomic mass is 35.5. The number of carbonyl (C=O) groups excluding carboxylic acids is 1. The monoisotopic (exact) mass is 448 g/mol. The molecule has 1 aromatic carbocycles. The molecular formula is C21H29ClN6OS. The van der Waals surface area contributed by atoms with Crippen LogP contribution in [-0.2, 0) is 11.2 Å². The molecule has 30 heavy (non-hydrogen) atoms. The van der Waals surface area contributed by atoms with Crippen LogP contribution in [0.3, 0.4) is 0 Å². The second-order valence-electron chi connectivity index (χ2n) is 7.99. The summed E-state index contributed by atoms with van der Waals surface area (Å²) in [5.41, 5.74) is 7.39. The molecule has 1 aromatic heterocycles. The minimum Gasteiger partial charge on any atom is -0.355 e. The fourth-order valence-electron chi connectivity index (χ4n) is 4.40. The first kappa shape index (κ1) is 21.6. The van der Waals surface area contributed by atoms with E-state index in [2.05, 4.69) is 37.2 Å². The van der Waals surface area contributed by atoms with Crippen molar-refractivity contribution < 1.29 is 4.79 Å². The highest BCUT2D eigenvalue weighted by molar-refractivity contribution is 7.98. The molecule has 1 aliphatic heterocycles. The topological polar surface area (TPSA) is 83.9 Å². The van der Waals surface area contributed by atoms with Gasteiger partial charge in [0.25, 0.3) is 0 Å². The van der Waals surface area contributed by atoms with Gasteiger partial charge in [0.15, 0.2) is 5.16 Å². The predicted octanol–water partition coefficient (Wildman–Crippen LogP) is 3.43. The molecule has 162 valence electrons. The van der Waals surface area contributed by atoms with E-state index < -0.39 is 0 Å². The third-order valence-corrected chi connectivity index (χ3v) is 6.83. The van der Waals surface area contributed by atoms with Gasteiger partial charge < -0.3 is 9.88 Å². The van der Waals surface area contributed by atoms with Crippen LogP contribution in [0.5, 0.6) is 0 Å². The Kier molecular flexibility index (Phi) is 7.30. The summed E-state index contributed by atoms with van der Waals surface area (Å²) in [5.74, 6) is 1.07. The molecule has 3 N–H and O–H groups in total. The molecule has 7 nitrogen and oxygen atoms in total. The van der Waals surface area contributed by atoms with Gasteiger partial charge >= 0.3 is 0 Å². The second-order valence-corrected chi connectivity index (χ2v) is 9.20. The molecule has 2 atom stereocenters. The summed E-state index contributed by atoms with van der Waals surface area (Å²) in [7, 11) is 0. The van der Waals surface area contributed by atoms with Crippen molar-refractivity contribution in [1.82, 2.24) is 30.9 Å². The number of benzene rings is 1. The molecule has 9 heteroatoms. The van der Waals surface area contributed by atoms with Crippen LogP contribution in [0.4, 0.5) is 0 Å². The minimum atomic E-state index is -0.251. The summed E-state index contributed by atoms with van der Waals surface area (Å²) in [6.45, 7) is 0.630. The van der Waals surface area contributed by atoms with E-state index in [1.54, 1.807) is 11.8 Å². The van der Waals surface area contributed by atoms with Gasteiger partial charge in [0.05, 0.1) is 0 Å². The number of hydrogen-bond donors (Lipinski definition) is 3. The van der Waals surface area contributed by atoms with E-state index in [0.29, 0.717) is 24.0 Å². The van der Waals surface area contributed by atoms with Gasteiger partial charge in [-0.15, -0.1) is 10.2 Å². The van der Waals surface area contributed by atoms with Crippen molar-refractivity contribution in [3.63, 3.8) is 0 Å². The van der Waals surface area contributed by atoms with Crippen LogP contribution in [0.15, 0.2) is 29.4 Å². The number of hydrazine groups is 1. The summed E-state index contributed by atoms with van der Waals surface area (Å²) < 4.78 is 2.33. The second kappa shape index (κ2) is 10.1. The van der Waals surface area contributed by atoms with Crippen molar-refractivity contribution >= 4 is 29.3 Å². The molecular weight excluding hydrogens is 420 g/mol. The fourth-order valence-corrected chi connectivity index (χ4v) is 5.17. The van der Waals surface area contributed by atoms with E-state index in [4.69, 9.17) is 11.6 Å². The lowest BCUT2D eigenvalue weighted by Crippen LogP contribution is -2.43. The van der Waals surface area contributed by atoms with E-state index >= 15 is 0 Å². The van der Waals surface area contributed by atoms with Gasteiger partial charge in [-0.25, -0.2) is 10.9 Å². The first-order chi connectivity index (χ1) is 14.7. The van der Waals surface area contributed by atoms with E-state index in [-0.39, 0.29) is 18.0 Å². The van der Waals surface area contributed by atoms with Crippen LogP contribution in [0.2, 0.25) is 5.02 Å². The molecule has 0 spiro atoms. The fraction of sp³-hybridized carbons (Fsp3) is 0.571. The van der Waals surface area contributed by atoms with Crippen molar-refractivity contribution in [1.29, 1.82) is 0 Å². The first-order valence-corrected chi connectivity index (χ1v) is 12.3. The Morgan fingerprint density at radius 1 is 1.30 bits per heavy atom. The summed E-state index contributed by atoms with van der Waals surface area (Å²) in [6, 6.07) is 8.10. The number of hydrogen-bond acceptors (Lipinski definition) is 6. The van der Waals surface area contributed by atoms with Gasteiger partial charge in [-0.3, -0.25) is 4.79 Å². The lowest BCUT2D eigenvalue weighted by Gasteiger charge is -2.16. The van der Waals surface area contributed by atoms with E-state index in [1.807, 2.05) is 24.3 Å². The minimum absolute atomic E-state index is 0.0223. The molecule has 2 aliphatic rings. The molecule has 0 bridgehead atoms. The number of nitrogens with zero attached hydrogens (tertiary/aromatic N) is 3. The number of aryl methyl sites for hydroxylation is 1. The average Bonchev–Trinajstić information content (AvgIpc) is 3.51. The normalized spacial score (nSPS) is 21.9. The lowest BCUT2D eigenvalue weighted by molar-refractivity contribution is -0.122. The number of rotatable bonds is 8. The van der Waals surface area contributed by atoms with Crippen LogP contribution in [0.25, 0.3) is 0 Å². The molecule has 1 saturated heterocycles. The lowest BCUT2D eigenvalue weighted by atomic mass is 10.0. The van der Waals surface area contributed by atoms with Crippen LogP contribution in [0.1, 0.15) is 62.0 Å². The maximum Gasteiger partial charge on any atom is 0.238 e. The first-order valence-electron chi connectivity index (χ1n) is 10.7. The van der Waals surface area contributed by atoms with E-state index in [0.717, 1.165) is 29.4 Å². The Morgan fingerprint density at radius 2 is 2.13 bits per heavy atom. The molecule has 2 aromatic rings. The largest absolute Gasteiger partial charge is 0.355 e. The Balaban J connectivity index is 1.24. The van der Waals surface area contributed by atoms with Crippen LogP contribution in [0, 0.1) is 0 Å². The van der Waals surface area contributed by atoms with Crippen molar-refractivity contribution in [3.8, 4) is 0 Å². The van der Waals surface area contributed by atoms with Crippen molar-refractivity contribution in [3.05, 3.63) is 40.7 Å². The third-order valence-electron chi connectivity index (χ3n) is 5.95. The summed E-state index contributed by atoms with van der Waals surface area (Å²) >= 11 is 7.74. The SMILES string of the molecule is CSc1nnc(CCCNC(=O)C2CC(c3cccc(Cl)c3)NN2)n1C1CCCC1. The van der Waals surface area contributed by atoms with Gasteiger partial charge in [-0.2, -0.15) is 0 Å². The Morgan fingerprint density at radius 3 is 2.90 bits per heavy atom. The van der Waals surface area contributed by atoms with Crippen LogP contribution in [-0.4, -0.2) is 39.5 Å². The quantitative estimate of drug-likeness (QED) is 0.424. The number of nitrogens with one attached hydrogen (secondary N) is 3. The molecule has 0 radical (unpaired) electrons. The predicted molar refractivity (Wildman–Crippen MR) is 120 cm³/mol. The van der Waals surface area contributed by atoms with Gasteiger partial charge in [-0.1, -0.05) is 48.3 Å². The third kappa shape index (κ3) is 4.99. The van der Waals surface area contributed by atoms with Crippen LogP contribution < -0.4 is 16.2 Å². The summed E-state index contributed by atoms with van der Waals surface area (Å²) in [5, 5.41) is 13.6. The smallest absolute Gasteiger partial charge is 0.238 e. The van der Waals surface area contributed by atoms with E-state index in [9.17, 15) is 4.79 Å². The zero-order chi connectivity index (χ0) is 20.9. The van der Waals surface area contributed by atoms with Crippen molar-refractivity contribution in [2.45, 2.75) is 68.2 Å². The zero-order valence-electron chi connectivity index (χ0n) is 17.2. The highest BCUT2D eigenvalue weighted by Crippen LogP contribution is 2.33. The molecule has 2 heterocycles. The number of halogens is 1. The molecule has 4 rings (SSSR count).